The Morgan fingerprint density at radius 2 is 1.97 bits per heavy atom. The van der Waals surface area contributed by atoms with Crippen LogP contribution >= 0.6 is 0 Å². The van der Waals surface area contributed by atoms with Crippen molar-refractivity contribution in [1.29, 1.82) is 0 Å². The number of pyridine rings is 2. The van der Waals surface area contributed by atoms with E-state index in [1.165, 1.54) is 4.68 Å². The number of morpholine rings is 1. The van der Waals surface area contributed by atoms with E-state index >= 15 is 0 Å². The number of rotatable bonds is 6. The number of aromatic nitrogens is 4. The summed E-state index contributed by atoms with van der Waals surface area (Å²) in [5.41, 5.74) is 7.72. The van der Waals surface area contributed by atoms with Gasteiger partial charge in [0.1, 0.15) is 11.5 Å². The third kappa shape index (κ3) is 4.20. The predicted octanol–water partition coefficient (Wildman–Crippen LogP) is 1.24. The molecule has 0 atom stereocenters. The molecule has 1 amide bonds. The Morgan fingerprint density at radius 1 is 1.17 bits per heavy atom. The topological polar surface area (TPSA) is 116 Å². The highest BCUT2D eigenvalue weighted by atomic mass is 16.5. The summed E-state index contributed by atoms with van der Waals surface area (Å²) in [4.78, 5) is 35.5. The number of hydrogen-bond acceptors (Lipinski definition) is 7. The van der Waals surface area contributed by atoms with Gasteiger partial charge in [-0.1, -0.05) is 6.07 Å². The molecular weight excluding hydrogens is 384 g/mol. The number of aryl methyl sites for hydroxylation is 1. The van der Waals surface area contributed by atoms with Crippen LogP contribution in [0, 0.1) is 0 Å². The first-order valence-corrected chi connectivity index (χ1v) is 9.63. The first kappa shape index (κ1) is 19.7. The Labute approximate surface area is 173 Å². The second-order valence-electron chi connectivity index (χ2n) is 7.05. The van der Waals surface area contributed by atoms with Crippen LogP contribution in [0.4, 0.5) is 5.82 Å². The summed E-state index contributed by atoms with van der Waals surface area (Å²) in [6.07, 6.45) is 3.38. The fraction of sp³-hybridized carbons (Fsp3) is 0.286. The molecule has 0 unspecified atom stereocenters. The van der Waals surface area contributed by atoms with Gasteiger partial charge in [0.05, 0.1) is 18.9 Å². The summed E-state index contributed by atoms with van der Waals surface area (Å²) in [5, 5.41) is 4.02. The number of hydrogen-bond donors (Lipinski definition) is 1. The van der Waals surface area contributed by atoms with Crippen molar-refractivity contribution < 1.29 is 14.3 Å². The van der Waals surface area contributed by atoms with Crippen molar-refractivity contribution >= 4 is 17.5 Å². The average Bonchev–Trinajstić information content (AvgIpc) is 3.15. The number of nitrogens with two attached hydrogens (primary N) is 1. The minimum Gasteiger partial charge on any atom is -0.378 e. The summed E-state index contributed by atoms with van der Waals surface area (Å²) < 4.78 is 6.84. The Bertz CT molecular complexity index is 1070. The minimum absolute atomic E-state index is 0.00319. The Hall–Kier alpha value is -3.59. The molecule has 0 radical (unpaired) electrons. The van der Waals surface area contributed by atoms with E-state index < -0.39 is 5.91 Å². The molecule has 4 heterocycles. The molecule has 3 aromatic heterocycles. The van der Waals surface area contributed by atoms with E-state index in [1.54, 1.807) is 31.6 Å². The van der Waals surface area contributed by atoms with E-state index in [9.17, 15) is 9.59 Å². The van der Waals surface area contributed by atoms with E-state index in [2.05, 4.69) is 20.0 Å². The number of nitrogens with zero attached hydrogens (tertiary/aromatic N) is 5. The van der Waals surface area contributed by atoms with Gasteiger partial charge in [-0.25, -0.2) is 9.97 Å². The molecule has 0 bridgehead atoms. The number of amides is 1. The van der Waals surface area contributed by atoms with Gasteiger partial charge in [-0.05, 0) is 24.3 Å². The zero-order valence-corrected chi connectivity index (χ0v) is 16.6. The zero-order chi connectivity index (χ0) is 21.1. The molecule has 1 aliphatic heterocycles. The first-order valence-electron chi connectivity index (χ1n) is 9.63. The Balaban J connectivity index is 1.52. The lowest BCUT2D eigenvalue weighted by atomic mass is 10.1. The number of carbonyl (C=O) groups is 2. The number of Topliss-reactive ketones (excluding diaryl/α,β-unsaturated/α-hetero) is 1. The molecule has 0 aliphatic carbocycles. The third-order valence-corrected chi connectivity index (χ3v) is 4.90. The highest BCUT2D eigenvalue weighted by Crippen LogP contribution is 2.21. The van der Waals surface area contributed by atoms with Gasteiger partial charge in [-0.2, -0.15) is 5.10 Å². The number of carbonyl (C=O) groups excluding carboxylic acids is 2. The summed E-state index contributed by atoms with van der Waals surface area (Å²) in [7, 11) is 1.67. The quantitative estimate of drug-likeness (QED) is 0.612. The van der Waals surface area contributed by atoms with Crippen molar-refractivity contribution in [3.63, 3.8) is 0 Å². The van der Waals surface area contributed by atoms with Crippen LogP contribution in [0.1, 0.15) is 26.5 Å². The van der Waals surface area contributed by atoms with Crippen LogP contribution in [0.2, 0.25) is 0 Å². The van der Waals surface area contributed by atoms with Crippen molar-refractivity contribution in [3.05, 3.63) is 59.7 Å². The van der Waals surface area contributed by atoms with Gasteiger partial charge in [0.25, 0.3) is 5.91 Å². The maximum atomic E-state index is 12.8. The molecule has 0 aromatic carbocycles. The van der Waals surface area contributed by atoms with Gasteiger partial charge in [0.2, 0.25) is 0 Å². The van der Waals surface area contributed by atoms with E-state index in [4.69, 9.17) is 10.5 Å². The normalized spacial score (nSPS) is 14.0. The minimum atomic E-state index is -0.661. The molecule has 2 N–H and O–H groups in total. The molecule has 30 heavy (non-hydrogen) atoms. The van der Waals surface area contributed by atoms with Crippen LogP contribution in [-0.4, -0.2) is 57.7 Å². The predicted molar refractivity (Wildman–Crippen MR) is 110 cm³/mol. The van der Waals surface area contributed by atoms with E-state index in [0.29, 0.717) is 30.2 Å². The Kier molecular flexibility index (Phi) is 5.53. The van der Waals surface area contributed by atoms with Crippen LogP contribution < -0.4 is 10.6 Å². The molecule has 9 nitrogen and oxygen atoms in total. The summed E-state index contributed by atoms with van der Waals surface area (Å²) >= 11 is 0. The summed E-state index contributed by atoms with van der Waals surface area (Å²) in [6.45, 7) is 3.03. The van der Waals surface area contributed by atoms with E-state index in [0.717, 1.165) is 24.5 Å². The highest BCUT2D eigenvalue weighted by Gasteiger charge is 2.18. The van der Waals surface area contributed by atoms with Crippen LogP contribution in [-0.2, 0) is 18.2 Å². The molecule has 1 saturated heterocycles. The van der Waals surface area contributed by atoms with Gasteiger partial charge < -0.3 is 15.4 Å². The largest absolute Gasteiger partial charge is 0.378 e. The highest BCUT2D eigenvalue weighted by molar-refractivity contribution is 5.99. The molecule has 0 saturated carbocycles. The van der Waals surface area contributed by atoms with Gasteiger partial charge in [-0.15, -0.1) is 0 Å². The number of ketones is 1. The fourth-order valence-electron chi connectivity index (χ4n) is 3.41. The Morgan fingerprint density at radius 3 is 2.67 bits per heavy atom. The standard InChI is InChI=1S/C21H22N6O3/c1-26-13-15(20(25-26)21(22)29)11-18(28)17-4-2-3-16(24-17)14-5-6-19(23-12-14)27-7-9-30-10-8-27/h2-6,12-13H,7-11H2,1H3,(H2,22,29). The average molecular weight is 406 g/mol. The van der Waals surface area contributed by atoms with E-state index in [1.807, 2.05) is 18.2 Å². The van der Waals surface area contributed by atoms with Crippen molar-refractivity contribution in [1.82, 2.24) is 19.7 Å². The summed E-state index contributed by atoms with van der Waals surface area (Å²) in [5.74, 6) is 0.0154. The van der Waals surface area contributed by atoms with Gasteiger partial charge in [0.15, 0.2) is 11.5 Å². The molecule has 0 spiro atoms. The number of primary amides is 1. The summed E-state index contributed by atoms with van der Waals surface area (Å²) in [6, 6.07) is 9.17. The SMILES string of the molecule is Cn1cc(CC(=O)c2cccc(-c3ccc(N4CCOCC4)nc3)n2)c(C(N)=O)n1. The molecule has 3 aromatic rings. The maximum Gasteiger partial charge on any atom is 0.269 e. The number of anilines is 1. The van der Waals surface area contributed by atoms with Crippen molar-refractivity contribution in [2.24, 2.45) is 12.8 Å². The monoisotopic (exact) mass is 406 g/mol. The van der Waals surface area contributed by atoms with E-state index in [-0.39, 0.29) is 17.9 Å². The zero-order valence-electron chi connectivity index (χ0n) is 16.6. The molecule has 9 heteroatoms. The lowest BCUT2D eigenvalue weighted by Crippen LogP contribution is -2.36. The first-order chi connectivity index (χ1) is 14.5. The van der Waals surface area contributed by atoms with Crippen molar-refractivity contribution in [3.8, 4) is 11.3 Å². The smallest absolute Gasteiger partial charge is 0.269 e. The second kappa shape index (κ2) is 8.42. The fourth-order valence-corrected chi connectivity index (χ4v) is 3.41. The van der Waals surface area contributed by atoms with Gasteiger partial charge in [0, 0.05) is 50.1 Å². The van der Waals surface area contributed by atoms with Crippen LogP contribution in [0.5, 0.6) is 0 Å². The molecule has 1 aliphatic rings. The van der Waals surface area contributed by atoms with Crippen LogP contribution in [0.15, 0.2) is 42.7 Å². The third-order valence-electron chi connectivity index (χ3n) is 4.90. The molecular formula is C21H22N6O3. The lowest BCUT2D eigenvalue weighted by molar-refractivity contribution is 0.0986. The molecule has 154 valence electrons. The van der Waals surface area contributed by atoms with Crippen molar-refractivity contribution in [2.75, 3.05) is 31.2 Å². The van der Waals surface area contributed by atoms with Crippen LogP contribution in [0.3, 0.4) is 0 Å². The lowest BCUT2D eigenvalue weighted by Gasteiger charge is -2.27. The second-order valence-corrected chi connectivity index (χ2v) is 7.05. The van der Waals surface area contributed by atoms with Gasteiger partial charge in [-0.3, -0.25) is 14.3 Å². The maximum absolute atomic E-state index is 12.8. The van der Waals surface area contributed by atoms with Crippen LogP contribution in [0.25, 0.3) is 11.3 Å². The molecule has 4 rings (SSSR count). The molecule has 1 fully saturated rings. The van der Waals surface area contributed by atoms with Gasteiger partial charge >= 0.3 is 0 Å². The number of ether oxygens (including phenoxy) is 1. The van der Waals surface area contributed by atoms with Crippen molar-refractivity contribution in [2.45, 2.75) is 6.42 Å².